The van der Waals surface area contributed by atoms with Crippen LogP contribution in [0.15, 0.2) is 0 Å². The van der Waals surface area contributed by atoms with Gasteiger partial charge < -0.3 is 42.7 Å². The van der Waals surface area contributed by atoms with Crippen LogP contribution >= 0.6 is 0 Å². The first-order chi connectivity index (χ1) is 13.9. The van der Waals surface area contributed by atoms with E-state index in [1.165, 1.54) is 0 Å². The van der Waals surface area contributed by atoms with E-state index in [1.54, 1.807) is 0 Å². The Bertz CT molecular complexity index is 710. The van der Waals surface area contributed by atoms with Gasteiger partial charge in [-0.2, -0.15) is 0 Å². The average molecular weight is 433 g/mol. The fourth-order valence-corrected chi connectivity index (χ4v) is 2.11. The second-order valence-electron chi connectivity index (χ2n) is 5.99. The lowest BCUT2D eigenvalue weighted by molar-refractivity contribution is -0.148. The Morgan fingerprint density at radius 2 is 1.20 bits per heavy atom. The smallest absolute Gasteiger partial charge is 0.326 e. The number of carbonyl (C=O) groups is 7. The third-order valence-electron chi connectivity index (χ3n) is 3.52. The molecule has 0 aliphatic carbocycles. The van der Waals surface area contributed by atoms with E-state index in [-0.39, 0.29) is 12.8 Å². The minimum atomic E-state index is -1.88. The molecule has 0 aromatic heterocycles. The predicted molar refractivity (Wildman–Crippen MR) is 95.4 cm³/mol. The molecule has 0 heterocycles. The molecule has 0 bridgehead atoms. The number of carboxylic acid groups (broad SMARTS) is 3. The van der Waals surface area contributed by atoms with Crippen LogP contribution in [0.1, 0.15) is 25.7 Å². The third-order valence-corrected chi connectivity index (χ3v) is 3.52. The number of primary amides is 1. The molecule has 0 saturated heterocycles. The predicted octanol–water partition coefficient (Wildman–Crippen LogP) is -4.30. The van der Waals surface area contributed by atoms with Crippen molar-refractivity contribution in [2.75, 3.05) is 6.54 Å². The minimum Gasteiger partial charge on any atom is -0.481 e. The Labute approximate surface area is 169 Å². The first kappa shape index (κ1) is 26.2. The number of nitrogens with two attached hydrogens (primary N) is 2. The molecule has 0 fully saturated rings. The number of carboxylic acids is 3. The van der Waals surface area contributed by atoms with E-state index in [0.29, 0.717) is 0 Å². The van der Waals surface area contributed by atoms with E-state index in [0.717, 1.165) is 0 Å². The zero-order valence-corrected chi connectivity index (χ0v) is 15.6. The molecule has 0 saturated carbocycles. The summed E-state index contributed by atoms with van der Waals surface area (Å²) in [5.41, 5.74) is 10.1. The van der Waals surface area contributed by atoms with Gasteiger partial charge >= 0.3 is 17.9 Å². The van der Waals surface area contributed by atoms with Crippen molar-refractivity contribution in [1.82, 2.24) is 16.0 Å². The quantitative estimate of drug-likeness (QED) is 0.130. The van der Waals surface area contributed by atoms with E-state index in [2.05, 4.69) is 5.32 Å². The van der Waals surface area contributed by atoms with Gasteiger partial charge in [0.15, 0.2) is 0 Å². The summed E-state index contributed by atoms with van der Waals surface area (Å²) in [6.07, 6.45) is -2.60. The summed E-state index contributed by atoms with van der Waals surface area (Å²) in [4.78, 5) is 79.8. The number of amides is 4. The van der Waals surface area contributed by atoms with Crippen molar-refractivity contribution in [2.24, 2.45) is 11.5 Å². The van der Waals surface area contributed by atoms with Gasteiger partial charge in [-0.25, -0.2) is 4.79 Å². The maximum atomic E-state index is 12.4. The first-order valence-corrected chi connectivity index (χ1v) is 8.42. The highest BCUT2D eigenvalue weighted by Crippen LogP contribution is 2.02. The molecule has 0 aliphatic rings. The second kappa shape index (κ2) is 12.7. The Morgan fingerprint density at radius 3 is 1.63 bits per heavy atom. The second-order valence-corrected chi connectivity index (χ2v) is 5.99. The molecular weight excluding hydrogens is 410 g/mol. The van der Waals surface area contributed by atoms with Crippen LogP contribution < -0.4 is 27.4 Å². The van der Waals surface area contributed by atoms with Gasteiger partial charge in [-0.3, -0.25) is 28.8 Å². The number of nitrogens with one attached hydrogen (secondary N) is 3. The SMILES string of the molecule is NCC(=O)NC(CCC(N)=O)C(=O)NC(CC(=O)O)C(=O)NC(CC(=O)O)C(=O)O. The van der Waals surface area contributed by atoms with Crippen molar-refractivity contribution in [3.05, 3.63) is 0 Å². The zero-order valence-electron chi connectivity index (χ0n) is 15.6. The van der Waals surface area contributed by atoms with Crippen LogP contribution in [0.25, 0.3) is 0 Å². The van der Waals surface area contributed by atoms with Gasteiger partial charge in [0.05, 0.1) is 19.4 Å². The number of rotatable bonds is 14. The highest BCUT2D eigenvalue weighted by molar-refractivity contribution is 5.96. The van der Waals surface area contributed by atoms with Gasteiger partial charge in [-0.15, -0.1) is 0 Å². The van der Waals surface area contributed by atoms with Gasteiger partial charge in [0, 0.05) is 6.42 Å². The molecule has 0 aromatic carbocycles. The van der Waals surface area contributed by atoms with Crippen molar-refractivity contribution >= 4 is 41.5 Å². The normalized spacial score (nSPS) is 13.2. The molecule has 15 heteroatoms. The van der Waals surface area contributed by atoms with Crippen LogP contribution in [0, 0.1) is 0 Å². The van der Waals surface area contributed by atoms with Crippen molar-refractivity contribution in [3.63, 3.8) is 0 Å². The Hall–Kier alpha value is -3.75. The molecule has 10 N–H and O–H groups in total. The van der Waals surface area contributed by atoms with Crippen molar-refractivity contribution in [2.45, 2.75) is 43.8 Å². The molecule has 4 amide bonds. The van der Waals surface area contributed by atoms with E-state index in [9.17, 15) is 33.6 Å². The summed E-state index contributed by atoms with van der Waals surface area (Å²) in [5.74, 6) is -8.71. The third kappa shape index (κ3) is 10.5. The van der Waals surface area contributed by atoms with Crippen molar-refractivity contribution in [3.8, 4) is 0 Å². The highest BCUT2D eigenvalue weighted by atomic mass is 16.4. The average Bonchev–Trinajstić information content (AvgIpc) is 2.62. The van der Waals surface area contributed by atoms with E-state index in [4.69, 9.17) is 26.8 Å². The van der Waals surface area contributed by atoms with E-state index >= 15 is 0 Å². The van der Waals surface area contributed by atoms with Crippen LogP contribution in [0.4, 0.5) is 0 Å². The topological polar surface area (TPSA) is 268 Å². The maximum Gasteiger partial charge on any atom is 0.326 e. The lowest BCUT2D eigenvalue weighted by Gasteiger charge is -2.23. The summed E-state index contributed by atoms with van der Waals surface area (Å²) in [6.45, 7) is -0.505. The first-order valence-electron chi connectivity index (χ1n) is 8.42. The van der Waals surface area contributed by atoms with Gasteiger partial charge in [0.1, 0.15) is 18.1 Å². The fraction of sp³-hybridized carbons (Fsp3) is 0.533. The van der Waals surface area contributed by atoms with Crippen LogP contribution in [-0.2, 0) is 33.6 Å². The molecule has 30 heavy (non-hydrogen) atoms. The summed E-state index contributed by atoms with van der Waals surface area (Å²) in [7, 11) is 0. The molecule has 15 nitrogen and oxygen atoms in total. The highest BCUT2D eigenvalue weighted by Gasteiger charge is 2.31. The number of hydrogen-bond donors (Lipinski definition) is 8. The molecule has 0 spiro atoms. The number of carbonyl (C=O) groups excluding carboxylic acids is 4. The van der Waals surface area contributed by atoms with E-state index < -0.39 is 79.0 Å². The fourth-order valence-electron chi connectivity index (χ4n) is 2.11. The van der Waals surface area contributed by atoms with Gasteiger partial charge in [-0.1, -0.05) is 0 Å². The Balaban J connectivity index is 5.44. The number of hydrogen-bond acceptors (Lipinski definition) is 8. The van der Waals surface area contributed by atoms with Gasteiger partial charge in [0.25, 0.3) is 0 Å². The maximum absolute atomic E-state index is 12.4. The minimum absolute atomic E-state index is 0.287. The number of aliphatic carboxylic acids is 3. The Morgan fingerprint density at radius 1 is 0.733 bits per heavy atom. The Kier molecular flexibility index (Phi) is 11.1. The summed E-state index contributed by atoms with van der Waals surface area (Å²) in [6, 6.07) is -5.09. The van der Waals surface area contributed by atoms with Crippen LogP contribution in [-0.4, -0.2) is 81.5 Å². The molecule has 3 unspecified atom stereocenters. The largest absolute Gasteiger partial charge is 0.481 e. The summed E-state index contributed by atoms with van der Waals surface area (Å²) >= 11 is 0. The summed E-state index contributed by atoms with van der Waals surface area (Å²) in [5, 5.41) is 32.6. The molecule has 0 aliphatic heterocycles. The van der Waals surface area contributed by atoms with Gasteiger partial charge in [-0.05, 0) is 6.42 Å². The summed E-state index contributed by atoms with van der Waals surface area (Å²) < 4.78 is 0. The molecule has 0 radical (unpaired) electrons. The monoisotopic (exact) mass is 433 g/mol. The van der Waals surface area contributed by atoms with Crippen LogP contribution in [0.5, 0.6) is 0 Å². The molecule has 0 aromatic rings. The molecule has 168 valence electrons. The van der Waals surface area contributed by atoms with Crippen LogP contribution in [0.3, 0.4) is 0 Å². The van der Waals surface area contributed by atoms with Crippen molar-refractivity contribution < 1.29 is 48.9 Å². The van der Waals surface area contributed by atoms with E-state index in [1.807, 2.05) is 10.6 Å². The molecule has 3 atom stereocenters. The zero-order chi connectivity index (χ0) is 23.4. The molecule has 0 rings (SSSR count). The lowest BCUT2D eigenvalue weighted by atomic mass is 10.1. The standard InChI is InChI=1S/C15H23N5O10/c16-5-10(22)18-6(1-2-9(17)21)13(27)19-7(3-11(23)24)14(28)20-8(15(29)30)4-12(25)26/h6-8H,1-5,16H2,(H2,17,21)(H,18,22)(H,19,27)(H,20,28)(H,23,24)(H,25,26)(H,29,30). The van der Waals surface area contributed by atoms with Crippen molar-refractivity contribution in [1.29, 1.82) is 0 Å². The lowest BCUT2D eigenvalue weighted by Crippen LogP contribution is -2.57. The molecular formula is C15H23N5O10. The van der Waals surface area contributed by atoms with Crippen LogP contribution in [0.2, 0.25) is 0 Å². The van der Waals surface area contributed by atoms with Gasteiger partial charge in [0.2, 0.25) is 23.6 Å².